The van der Waals surface area contributed by atoms with Crippen molar-refractivity contribution in [1.29, 1.82) is 0 Å². The maximum absolute atomic E-state index is 12.5. The first-order valence-electron chi connectivity index (χ1n) is 6.65. The number of ether oxygens (including phenoxy) is 2. The number of phenols is 1. The maximum atomic E-state index is 12.5. The van der Waals surface area contributed by atoms with Gasteiger partial charge in [0.05, 0.1) is 25.3 Å². The largest absolute Gasteiger partial charge is 0.507 e. The van der Waals surface area contributed by atoms with Crippen molar-refractivity contribution in [2.24, 2.45) is 0 Å². The predicted octanol–water partition coefficient (Wildman–Crippen LogP) is 2.13. The fraction of sp³-hybridized carbons (Fsp3) is 0.500. The summed E-state index contributed by atoms with van der Waals surface area (Å²) < 4.78 is 12.1. The fourth-order valence-electron chi connectivity index (χ4n) is 2.75. The second-order valence-corrected chi connectivity index (χ2v) is 6.02. The molecule has 20 heavy (non-hydrogen) atoms. The van der Waals surface area contributed by atoms with Gasteiger partial charge in [0.1, 0.15) is 5.75 Å². The van der Waals surface area contributed by atoms with Crippen LogP contribution in [0, 0.1) is 0 Å². The number of halogens is 1. The highest BCUT2D eigenvalue weighted by Crippen LogP contribution is 2.32. The van der Waals surface area contributed by atoms with Gasteiger partial charge >= 0.3 is 0 Å². The summed E-state index contributed by atoms with van der Waals surface area (Å²) in [6.45, 7) is 2.22. The topological polar surface area (TPSA) is 59.0 Å². The van der Waals surface area contributed by atoms with E-state index < -0.39 is 5.79 Å². The number of piperidine rings is 1. The molecule has 1 aromatic rings. The first-order valence-corrected chi connectivity index (χ1v) is 7.45. The van der Waals surface area contributed by atoms with Crippen LogP contribution in [-0.2, 0) is 9.47 Å². The summed E-state index contributed by atoms with van der Waals surface area (Å²) in [4.78, 5) is 14.2. The minimum absolute atomic E-state index is 0.0164. The van der Waals surface area contributed by atoms with Gasteiger partial charge in [-0.1, -0.05) is 15.9 Å². The zero-order valence-corrected chi connectivity index (χ0v) is 12.6. The molecule has 5 nitrogen and oxygen atoms in total. The van der Waals surface area contributed by atoms with Crippen LogP contribution in [0.2, 0.25) is 0 Å². The van der Waals surface area contributed by atoms with Gasteiger partial charge < -0.3 is 19.5 Å². The summed E-state index contributed by atoms with van der Waals surface area (Å²) in [5.74, 6) is -0.843. The normalized spacial score (nSPS) is 21.4. The van der Waals surface area contributed by atoms with Gasteiger partial charge in [0.25, 0.3) is 5.91 Å². The van der Waals surface area contributed by atoms with Crippen LogP contribution in [0.3, 0.4) is 0 Å². The number of nitrogens with zero attached hydrogens (tertiary/aromatic N) is 1. The Morgan fingerprint density at radius 1 is 1.35 bits per heavy atom. The third-order valence-electron chi connectivity index (χ3n) is 3.71. The Morgan fingerprint density at radius 2 is 2.10 bits per heavy atom. The first kappa shape index (κ1) is 13.9. The molecule has 1 spiro atoms. The van der Waals surface area contributed by atoms with Crippen LogP contribution >= 0.6 is 15.9 Å². The van der Waals surface area contributed by atoms with Crippen LogP contribution < -0.4 is 0 Å². The SMILES string of the molecule is O=C(c1ccc(Br)cc1O)N1CCCC2(C1)OCCO2. The number of carbonyl (C=O) groups is 1. The van der Waals surface area contributed by atoms with Crippen molar-refractivity contribution in [2.45, 2.75) is 18.6 Å². The predicted molar refractivity (Wildman–Crippen MR) is 75.6 cm³/mol. The lowest BCUT2D eigenvalue weighted by atomic mass is 10.0. The van der Waals surface area contributed by atoms with E-state index in [1.807, 2.05) is 0 Å². The average molecular weight is 342 g/mol. The number of hydrogen-bond donors (Lipinski definition) is 1. The van der Waals surface area contributed by atoms with Gasteiger partial charge in [-0.25, -0.2) is 0 Å². The molecule has 0 aromatic heterocycles. The third kappa shape index (κ3) is 2.55. The number of rotatable bonds is 1. The lowest BCUT2D eigenvalue weighted by Crippen LogP contribution is -2.51. The quantitative estimate of drug-likeness (QED) is 0.850. The second-order valence-electron chi connectivity index (χ2n) is 5.10. The summed E-state index contributed by atoms with van der Waals surface area (Å²) in [6.07, 6.45) is 1.64. The van der Waals surface area contributed by atoms with Gasteiger partial charge in [-0.2, -0.15) is 0 Å². The minimum Gasteiger partial charge on any atom is -0.507 e. The molecule has 0 unspecified atom stereocenters. The summed E-state index contributed by atoms with van der Waals surface area (Å²) in [6, 6.07) is 4.89. The zero-order chi connectivity index (χ0) is 14.2. The molecule has 2 aliphatic rings. The molecule has 3 rings (SSSR count). The van der Waals surface area contributed by atoms with Crippen LogP contribution in [-0.4, -0.2) is 48.0 Å². The molecule has 6 heteroatoms. The van der Waals surface area contributed by atoms with Gasteiger partial charge in [0.2, 0.25) is 0 Å². The van der Waals surface area contributed by atoms with E-state index in [9.17, 15) is 9.90 Å². The van der Waals surface area contributed by atoms with E-state index in [1.54, 1.807) is 17.0 Å². The lowest BCUT2D eigenvalue weighted by molar-refractivity contribution is -0.183. The van der Waals surface area contributed by atoms with Gasteiger partial charge in [0.15, 0.2) is 5.79 Å². The molecule has 2 saturated heterocycles. The Hall–Kier alpha value is -1.11. The number of aromatic hydroxyl groups is 1. The molecule has 2 aliphatic heterocycles. The lowest BCUT2D eigenvalue weighted by Gasteiger charge is -2.38. The Balaban J connectivity index is 1.79. The molecular weight excluding hydrogens is 326 g/mol. The van der Waals surface area contributed by atoms with Crippen molar-refractivity contribution in [1.82, 2.24) is 4.90 Å². The fourth-order valence-corrected chi connectivity index (χ4v) is 3.10. The molecule has 108 valence electrons. The minimum atomic E-state index is -0.640. The second kappa shape index (κ2) is 5.35. The zero-order valence-electron chi connectivity index (χ0n) is 11.0. The van der Waals surface area contributed by atoms with Gasteiger partial charge in [-0.3, -0.25) is 4.79 Å². The highest BCUT2D eigenvalue weighted by Gasteiger charge is 2.42. The van der Waals surface area contributed by atoms with Crippen molar-refractivity contribution in [3.63, 3.8) is 0 Å². The molecule has 2 heterocycles. The molecule has 0 saturated carbocycles. The highest BCUT2D eigenvalue weighted by atomic mass is 79.9. The summed E-state index contributed by atoms with van der Waals surface area (Å²) in [5, 5.41) is 9.91. The Morgan fingerprint density at radius 3 is 2.80 bits per heavy atom. The molecule has 1 N–H and O–H groups in total. The number of benzene rings is 1. The summed E-state index contributed by atoms with van der Waals surface area (Å²) >= 11 is 3.27. The van der Waals surface area contributed by atoms with Crippen molar-refractivity contribution in [3.05, 3.63) is 28.2 Å². The van der Waals surface area contributed by atoms with Crippen molar-refractivity contribution in [2.75, 3.05) is 26.3 Å². The Labute approximate surface area is 125 Å². The standard InChI is InChI=1S/C14H16BrNO4/c15-10-2-3-11(12(17)8-10)13(18)16-5-1-4-14(9-16)19-6-7-20-14/h2-3,8,17H,1,4-7,9H2. The van der Waals surface area contributed by atoms with Crippen LogP contribution in [0.4, 0.5) is 0 Å². The number of phenolic OH excluding ortho intramolecular Hbond substituents is 1. The van der Waals surface area contributed by atoms with E-state index in [1.165, 1.54) is 6.07 Å². The van der Waals surface area contributed by atoms with E-state index in [-0.39, 0.29) is 11.7 Å². The van der Waals surface area contributed by atoms with Crippen molar-refractivity contribution >= 4 is 21.8 Å². The Kier molecular flexibility index (Phi) is 3.70. The molecule has 0 radical (unpaired) electrons. The number of hydrogen-bond acceptors (Lipinski definition) is 4. The monoisotopic (exact) mass is 341 g/mol. The van der Waals surface area contributed by atoms with E-state index in [0.29, 0.717) is 31.9 Å². The van der Waals surface area contributed by atoms with E-state index >= 15 is 0 Å². The molecule has 0 bridgehead atoms. The number of carbonyl (C=O) groups excluding carboxylic acids is 1. The third-order valence-corrected chi connectivity index (χ3v) is 4.20. The molecule has 1 aromatic carbocycles. The summed E-state index contributed by atoms with van der Waals surface area (Å²) in [7, 11) is 0. The number of amides is 1. The highest BCUT2D eigenvalue weighted by molar-refractivity contribution is 9.10. The molecule has 2 fully saturated rings. The molecular formula is C14H16BrNO4. The Bertz CT molecular complexity index is 528. The van der Waals surface area contributed by atoms with Crippen molar-refractivity contribution < 1.29 is 19.4 Å². The van der Waals surface area contributed by atoms with E-state index in [0.717, 1.165) is 17.3 Å². The van der Waals surface area contributed by atoms with Crippen molar-refractivity contribution in [3.8, 4) is 5.75 Å². The van der Waals surface area contributed by atoms with Gasteiger partial charge in [-0.15, -0.1) is 0 Å². The first-order chi connectivity index (χ1) is 9.60. The average Bonchev–Trinajstić information content (AvgIpc) is 2.86. The molecule has 1 amide bonds. The van der Waals surface area contributed by atoms with Crippen LogP contribution in [0.15, 0.2) is 22.7 Å². The van der Waals surface area contributed by atoms with Gasteiger partial charge in [-0.05, 0) is 24.6 Å². The number of likely N-dealkylation sites (tertiary alicyclic amines) is 1. The van der Waals surface area contributed by atoms with E-state index in [2.05, 4.69) is 15.9 Å². The molecule has 0 aliphatic carbocycles. The van der Waals surface area contributed by atoms with E-state index in [4.69, 9.17) is 9.47 Å². The van der Waals surface area contributed by atoms with Gasteiger partial charge in [0, 0.05) is 17.4 Å². The van der Waals surface area contributed by atoms with Crippen LogP contribution in [0.1, 0.15) is 23.2 Å². The summed E-state index contributed by atoms with van der Waals surface area (Å²) in [5.41, 5.74) is 0.309. The van der Waals surface area contributed by atoms with Crippen LogP contribution in [0.25, 0.3) is 0 Å². The smallest absolute Gasteiger partial charge is 0.257 e. The molecule has 0 atom stereocenters. The maximum Gasteiger partial charge on any atom is 0.257 e. The van der Waals surface area contributed by atoms with Crippen LogP contribution in [0.5, 0.6) is 5.75 Å².